The third-order valence-corrected chi connectivity index (χ3v) is 16.1. The molecule has 0 aromatic carbocycles. The van der Waals surface area contributed by atoms with Crippen LogP contribution in [0.2, 0.25) is 0 Å². The summed E-state index contributed by atoms with van der Waals surface area (Å²) in [5.74, 6) is -0.0102. The first-order valence-corrected chi connectivity index (χ1v) is 33.9. The second-order valence-corrected chi connectivity index (χ2v) is 23.5. The predicted octanol–water partition coefficient (Wildman–Crippen LogP) is 21.6. The van der Waals surface area contributed by atoms with Gasteiger partial charge in [0.05, 0.1) is 25.4 Å². The average molecular weight is 1040 g/mol. The van der Waals surface area contributed by atoms with E-state index in [1.807, 2.05) is 0 Å². The van der Waals surface area contributed by atoms with E-state index < -0.39 is 12.1 Å². The van der Waals surface area contributed by atoms with Crippen LogP contribution < -0.4 is 5.32 Å². The van der Waals surface area contributed by atoms with Crippen molar-refractivity contribution in [2.75, 3.05) is 13.2 Å². The molecule has 440 valence electrons. The van der Waals surface area contributed by atoms with E-state index in [1.165, 1.54) is 315 Å². The van der Waals surface area contributed by atoms with Gasteiger partial charge in [0.15, 0.2) is 0 Å². The van der Waals surface area contributed by atoms with Crippen LogP contribution in [0.3, 0.4) is 0 Å². The molecule has 0 aliphatic heterocycles. The highest BCUT2D eigenvalue weighted by atomic mass is 16.5. The summed E-state index contributed by atoms with van der Waals surface area (Å²) in [6.45, 7) is 4.98. The highest BCUT2D eigenvalue weighted by Gasteiger charge is 2.20. The molecule has 3 N–H and O–H groups in total. The van der Waals surface area contributed by atoms with Gasteiger partial charge >= 0.3 is 5.97 Å². The van der Waals surface area contributed by atoms with E-state index in [4.69, 9.17) is 4.74 Å². The molecule has 0 aromatic rings. The zero-order valence-corrected chi connectivity index (χ0v) is 50.4. The quantitative estimate of drug-likeness (QED) is 0.0320. The number of hydrogen-bond donors (Lipinski definition) is 3. The number of aliphatic hydroxyl groups is 2. The van der Waals surface area contributed by atoms with Gasteiger partial charge in [0.25, 0.3) is 0 Å². The molecule has 0 spiro atoms. The Balaban J connectivity index is 3.32. The SMILES string of the molecule is CCCCCCCCCCCCCCC(=O)OCCCCCCCCCCCCCC/C=C\CCCCCCCCCCCCCCCCCCCC(=O)NC(CO)C(O)CCCCCCCCCCCCCC. The standard InChI is InChI=1S/C68H133NO5/c1-3-5-7-9-11-13-15-40-44-48-52-56-60-66(71)65(64-70)69-67(72)61-57-53-49-45-41-38-36-34-32-30-28-26-24-22-20-18-17-19-21-23-25-27-29-31-33-35-37-39-43-47-51-55-59-63-74-68(73)62-58-54-50-46-42-16-14-12-10-8-6-4-2/h21,23,65-66,70-71H,3-20,22,24-64H2,1-2H3,(H,69,72)/b23-21-. The summed E-state index contributed by atoms with van der Waals surface area (Å²) in [5.41, 5.74) is 0. The molecule has 0 aliphatic rings. The van der Waals surface area contributed by atoms with Crippen LogP contribution in [0.5, 0.6) is 0 Å². The summed E-state index contributed by atoms with van der Waals surface area (Å²) >= 11 is 0. The maximum Gasteiger partial charge on any atom is 0.305 e. The third kappa shape index (κ3) is 59.8. The molecule has 2 atom stereocenters. The van der Waals surface area contributed by atoms with Crippen molar-refractivity contribution < 1.29 is 24.5 Å². The Hall–Kier alpha value is -1.40. The van der Waals surface area contributed by atoms with E-state index in [-0.39, 0.29) is 18.5 Å². The first-order chi connectivity index (χ1) is 36.5. The maximum absolute atomic E-state index is 12.5. The Bertz CT molecular complexity index is 1110. The molecule has 0 saturated carbocycles. The smallest absolute Gasteiger partial charge is 0.305 e. The summed E-state index contributed by atoms with van der Waals surface area (Å²) in [7, 11) is 0. The van der Waals surface area contributed by atoms with Gasteiger partial charge in [-0.05, 0) is 51.4 Å². The summed E-state index contributed by atoms with van der Waals surface area (Å²) in [5, 5.41) is 23.2. The molecule has 1 amide bonds. The first kappa shape index (κ1) is 72.6. The van der Waals surface area contributed by atoms with Crippen molar-refractivity contribution in [2.45, 2.75) is 398 Å². The fourth-order valence-corrected chi connectivity index (χ4v) is 10.9. The number of carbonyl (C=O) groups excluding carboxylic acids is 2. The molecule has 6 heteroatoms. The molecule has 0 rings (SSSR count). The highest BCUT2D eigenvalue weighted by Crippen LogP contribution is 2.19. The molecule has 0 aliphatic carbocycles. The molecule has 0 heterocycles. The number of hydrogen-bond acceptors (Lipinski definition) is 5. The van der Waals surface area contributed by atoms with Crippen molar-refractivity contribution in [1.82, 2.24) is 5.32 Å². The Morgan fingerprint density at radius 2 is 0.635 bits per heavy atom. The lowest BCUT2D eigenvalue weighted by molar-refractivity contribution is -0.143. The zero-order valence-electron chi connectivity index (χ0n) is 50.4. The van der Waals surface area contributed by atoms with Crippen LogP contribution >= 0.6 is 0 Å². The van der Waals surface area contributed by atoms with Gasteiger partial charge in [-0.25, -0.2) is 0 Å². The Morgan fingerprint density at radius 1 is 0.365 bits per heavy atom. The average Bonchev–Trinajstić information content (AvgIpc) is 3.40. The van der Waals surface area contributed by atoms with Gasteiger partial charge in [-0.15, -0.1) is 0 Å². The van der Waals surface area contributed by atoms with Gasteiger partial charge in [-0.1, -0.05) is 334 Å². The fourth-order valence-electron chi connectivity index (χ4n) is 10.9. The number of ether oxygens (including phenoxy) is 1. The van der Waals surface area contributed by atoms with Crippen molar-refractivity contribution in [1.29, 1.82) is 0 Å². The van der Waals surface area contributed by atoms with Gasteiger partial charge in [-0.3, -0.25) is 9.59 Å². The Morgan fingerprint density at radius 3 is 0.959 bits per heavy atom. The highest BCUT2D eigenvalue weighted by molar-refractivity contribution is 5.76. The molecule has 74 heavy (non-hydrogen) atoms. The molecule has 2 unspecified atom stereocenters. The van der Waals surface area contributed by atoms with Crippen LogP contribution in [-0.4, -0.2) is 47.4 Å². The molecule has 0 bridgehead atoms. The molecule has 0 fully saturated rings. The number of aliphatic hydroxyl groups excluding tert-OH is 2. The normalized spacial score (nSPS) is 12.5. The van der Waals surface area contributed by atoms with E-state index in [2.05, 4.69) is 31.3 Å². The summed E-state index contributed by atoms with van der Waals surface area (Å²) in [4.78, 5) is 24.5. The first-order valence-electron chi connectivity index (χ1n) is 33.9. The lowest BCUT2D eigenvalue weighted by Gasteiger charge is -2.22. The number of nitrogens with one attached hydrogen (secondary N) is 1. The summed E-state index contributed by atoms with van der Waals surface area (Å²) in [6.07, 6.45) is 78.3. The minimum atomic E-state index is -0.660. The van der Waals surface area contributed by atoms with Crippen molar-refractivity contribution >= 4 is 11.9 Å². The van der Waals surface area contributed by atoms with E-state index >= 15 is 0 Å². The number of allylic oxidation sites excluding steroid dienone is 2. The molecule has 0 saturated heterocycles. The van der Waals surface area contributed by atoms with E-state index in [1.54, 1.807) is 0 Å². The van der Waals surface area contributed by atoms with E-state index in [9.17, 15) is 19.8 Å². The second kappa shape index (κ2) is 64.1. The minimum absolute atomic E-state index is 0.0200. The summed E-state index contributed by atoms with van der Waals surface area (Å²) in [6, 6.07) is -0.537. The van der Waals surface area contributed by atoms with Crippen LogP contribution in [-0.2, 0) is 14.3 Å². The molecule has 0 aromatic heterocycles. The number of unbranched alkanes of at least 4 members (excludes halogenated alkanes) is 51. The Kier molecular flexibility index (Phi) is 62.9. The number of esters is 1. The predicted molar refractivity (Wildman–Crippen MR) is 324 cm³/mol. The topological polar surface area (TPSA) is 95.9 Å². The monoisotopic (exact) mass is 1040 g/mol. The lowest BCUT2D eigenvalue weighted by Crippen LogP contribution is -2.45. The van der Waals surface area contributed by atoms with E-state index in [0.29, 0.717) is 25.9 Å². The van der Waals surface area contributed by atoms with Crippen molar-refractivity contribution in [3.8, 4) is 0 Å². The number of carbonyl (C=O) groups is 2. The van der Waals surface area contributed by atoms with Gasteiger partial charge in [0.1, 0.15) is 0 Å². The van der Waals surface area contributed by atoms with E-state index in [0.717, 1.165) is 38.5 Å². The van der Waals surface area contributed by atoms with Crippen LogP contribution in [0, 0.1) is 0 Å². The van der Waals surface area contributed by atoms with Crippen molar-refractivity contribution in [3.05, 3.63) is 12.2 Å². The van der Waals surface area contributed by atoms with Gasteiger partial charge in [0.2, 0.25) is 5.91 Å². The van der Waals surface area contributed by atoms with Crippen molar-refractivity contribution in [3.63, 3.8) is 0 Å². The van der Waals surface area contributed by atoms with Gasteiger partial charge < -0.3 is 20.3 Å². The number of amides is 1. The van der Waals surface area contributed by atoms with Crippen LogP contribution in [0.25, 0.3) is 0 Å². The van der Waals surface area contributed by atoms with Gasteiger partial charge in [0, 0.05) is 12.8 Å². The lowest BCUT2D eigenvalue weighted by atomic mass is 10.0. The maximum atomic E-state index is 12.5. The second-order valence-electron chi connectivity index (χ2n) is 23.5. The van der Waals surface area contributed by atoms with Crippen LogP contribution in [0.1, 0.15) is 386 Å². The molecule has 6 nitrogen and oxygen atoms in total. The van der Waals surface area contributed by atoms with Gasteiger partial charge in [-0.2, -0.15) is 0 Å². The van der Waals surface area contributed by atoms with Crippen molar-refractivity contribution in [2.24, 2.45) is 0 Å². The number of rotatable bonds is 64. The minimum Gasteiger partial charge on any atom is -0.466 e. The largest absolute Gasteiger partial charge is 0.466 e. The molecular weight excluding hydrogens is 911 g/mol. The van der Waals surface area contributed by atoms with Crippen LogP contribution in [0.15, 0.2) is 12.2 Å². The van der Waals surface area contributed by atoms with Crippen LogP contribution in [0.4, 0.5) is 0 Å². The zero-order chi connectivity index (χ0) is 53.6. The third-order valence-electron chi connectivity index (χ3n) is 16.1. The molecule has 0 radical (unpaired) electrons. The molecular formula is C68H133NO5. The fraction of sp³-hybridized carbons (Fsp3) is 0.941. The Labute approximate surface area is 463 Å². The summed E-state index contributed by atoms with van der Waals surface area (Å²) < 4.78 is 5.48.